The van der Waals surface area contributed by atoms with Gasteiger partial charge in [0.2, 0.25) is 0 Å². The molecule has 0 saturated carbocycles. The molecule has 3 heteroatoms. The van der Waals surface area contributed by atoms with Crippen molar-refractivity contribution in [2.75, 3.05) is 6.54 Å². The average molecular weight is 185 g/mol. The number of rotatable bonds is 1. The number of hydrogen-bond donors (Lipinski definition) is 2. The first-order valence-corrected chi connectivity index (χ1v) is 4.87. The third kappa shape index (κ3) is 2.69. The van der Waals surface area contributed by atoms with Crippen molar-refractivity contribution < 1.29 is 9.90 Å². The second-order valence-electron chi connectivity index (χ2n) is 4.93. The minimum absolute atomic E-state index is 0.232. The van der Waals surface area contributed by atoms with Gasteiger partial charge >= 0.3 is 5.97 Å². The van der Waals surface area contributed by atoms with Crippen molar-refractivity contribution >= 4 is 5.97 Å². The molecule has 13 heavy (non-hydrogen) atoms. The van der Waals surface area contributed by atoms with Gasteiger partial charge in [0, 0.05) is 0 Å². The van der Waals surface area contributed by atoms with Gasteiger partial charge in [0.25, 0.3) is 0 Å². The normalized spacial score (nSPS) is 30.1. The van der Waals surface area contributed by atoms with Crippen molar-refractivity contribution in [1.29, 1.82) is 0 Å². The van der Waals surface area contributed by atoms with Crippen LogP contribution in [0, 0.1) is 11.3 Å². The van der Waals surface area contributed by atoms with E-state index in [1.54, 1.807) is 0 Å². The molecule has 1 aliphatic heterocycles. The maximum absolute atomic E-state index is 10.8. The summed E-state index contributed by atoms with van der Waals surface area (Å²) in [5, 5.41) is 11.9. The molecule has 0 aliphatic carbocycles. The molecule has 0 unspecified atom stereocenters. The Morgan fingerprint density at radius 1 is 1.46 bits per heavy atom. The van der Waals surface area contributed by atoms with Crippen LogP contribution in [0.3, 0.4) is 0 Å². The number of carboxylic acids is 1. The molecular weight excluding hydrogens is 166 g/mol. The first-order valence-electron chi connectivity index (χ1n) is 4.87. The molecule has 1 rings (SSSR count). The molecule has 1 aliphatic rings. The van der Waals surface area contributed by atoms with Gasteiger partial charge in [-0.3, -0.25) is 4.79 Å². The zero-order valence-corrected chi connectivity index (χ0v) is 8.63. The third-order valence-electron chi connectivity index (χ3n) is 2.93. The van der Waals surface area contributed by atoms with Crippen LogP contribution in [-0.4, -0.2) is 23.7 Å². The zero-order valence-electron chi connectivity index (χ0n) is 8.63. The highest BCUT2D eigenvalue weighted by molar-refractivity contribution is 5.73. The van der Waals surface area contributed by atoms with Gasteiger partial charge in [0.1, 0.15) is 6.04 Å². The van der Waals surface area contributed by atoms with Crippen molar-refractivity contribution in [2.24, 2.45) is 11.3 Å². The summed E-state index contributed by atoms with van der Waals surface area (Å²) in [5.74, 6) is -0.191. The van der Waals surface area contributed by atoms with E-state index in [0.29, 0.717) is 5.92 Å². The van der Waals surface area contributed by atoms with Crippen molar-refractivity contribution in [2.45, 2.75) is 39.7 Å². The number of carbonyl (C=O) groups is 1. The highest BCUT2D eigenvalue weighted by atomic mass is 16.4. The number of hydrogen-bond acceptors (Lipinski definition) is 2. The van der Waals surface area contributed by atoms with Gasteiger partial charge in [-0.05, 0) is 30.7 Å². The van der Waals surface area contributed by atoms with E-state index in [4.69, 9.17) is 5.11 Å². The quantitative estimate of drug-likeness (QED) is 0.650. The van der Waals surface area contributed by atoms with Crippen molar-refractivity contribution in [1.82, 2.24) is 5.32 Å². The van der Waals surface area contributed by atoms with Crippen molar-refractivity contribution in [3.63, 3.8) is 0 Å². The van der Waals surface area contributed by atoms with Crippen LogP contribution in [0.4, 0.5) is 0 Å². The lowest BCUT2D eigenvalue weighted by molar-refractivity contribution is -0.140. The second-order valence-corrected chi connectivity index (χ2v) is 4.93. The summed E-state index contributed by atoms with van der Waals surface area (Å²) in [6.07, 6.45) is 1.85. The van der Waals surface area contributed by atoms with Crippen molar-refractivity contribution in [3.05, 3.63) is 0 Å². The fraction of sp³-hybridized carbons (Fsp3) is 0.900. The largest absolute Gasteiger partial charge is 0.480 e. The number of piperidine rings is 1. The summed E-state index contributed by atoms with van der Waals surface area (Å²) in [6, 6.07) is -0.335. The molecule has 0 aromatic heterocycles. The molecule has 2 atom stereocenters. The van der Waals surface area contributed by atoms with E-state index in [2.05, 4.69) is 26.1 Å². The lowest BCUT2D eigenvalue weighted by atomic mass is 9.74. The Labute approximate surface area is 79.5 Å². The Bertz CT molecular complexity index is 196. The topological polar surface area (TPSA) is 49.3 Å². The molecule has 2 N–H and O–H groups in total. The zero-order chi connectivity index (χ0) is 10.1. The lowest BCUT2D eigenvalue weighted by Crippen LogP contribution is -2.46. The Morgan fingerprint density at radius 2 is 2.08 bits per heavy atom. The molecule has 0 radical (unpaired) electrons. The molecule has 76 valence electrons. The number of nitrogens with one attached hydrogen (secondary N) is 1. The Hall–Kier alpha value is -0.570. The van der Waals surface area contributed by atoms with Crippen LogP contribution in [0.15, 0.2) is 0 Å². The van der Waals surface area contributed by atoms with E-state index < -0.39 is 5.97 Å². The van der Waals surface area contributed by atoms with Gasteiger partial charge in [-0.15, -0.1) is 0 Å². The predicted molar refractivity (Wildman–Crippen MR) is 51.6 cm³/mol. The molecule has 0 bridgehead atoms. The van der Waals surface area contributed by atoms with Crippen LogP contribution in [0.5, 0.6) is 0 Å². The summed E-state index contributed by atoms with van der Waals surface area (Å²) in [4.78, 5) is 10.8. The van der Waals surface area contributed by atoms with E-state index in [0.717, 1.165) is 19.4 Å². The molecule has 3 nitrogen and oxygen atoms in total. The van der Waals surface area contributed by atoms with E-state index in [9.17, 15) is 4.79 Å². The van der Waals surface area contributed by atoms with Crippen LogP contribution >= 0.6 is 0 Å². The standard InChI is InChI=1S/C10H19NO2/c1-10(2,3)7-4-5-11-8(6-7)9(12)13/h7-8,11H,4-6H2,1-3H3,(H,12,13)/t7-,8+/m0/s1. The Balaban J connectivity index is 2.57. The lowest BCUT2D eigenvalue weighted by Gasteiger charge is -2.36. The fourth-order valence-electron chi connectivity index (χ4n) is 1.89. The van der Waals surface area contributed by atoms with Crippen molar-refractivity contribution in [3.8, 4) is 0 Å². The van der Waals surface area contributed by atoms with E-state index >= 15 is 0 Å². The van der Waals surface area contributed by atoms with Gasteiger partial charge in [0.15, 0.2) is 0 Å². The number of carboxylic acid groups (broad SMARTS) is 1. The second kappa shape index (κ2) is 3.66. The molecule has 1 fully saturated rings. The maximum Gasteiger partial charge on any atom is 0.320 e. The molecule has 0 aromatic carbocycles. The first-order chi connectivity index (χ1) is 5.91. The number of aliphatic carboxylic acids is 1. The highest BCUT2D eigenvalue weighted by Crippen LogP contribution is 2.34. The fourth-order valence-corrected chi connectivity index (χ4v) is 1.89. The Morgan fingerprint density at radius 3 is 2.54 bits per heavy atom. The van der Waals surface area contributed by atoms with Gasteiger partial charge < -0.3 is 10.4 Å². The average Bonchev–Trinajstić information content (AvgIpc) is 2.03. The molecule has 0 amide bonds. The molecule has 1 heterocycles. The van der Waals surface area contributed by atoms with Crippen LogP contribution in [-0.2, 0) is 4.79 Å². The maximum atomic E-state index is 10.8. The van der Waals surface area contributed by atoms with Gasteiger partial charge in [-0.2, -0.15) is 0 Å². The van der Waals surface area contributed by atoms with Crippen LogP contribution in [0.1, 0.15) is 33.6 Å². The smallest absolute Gasteiger partial charge is 0.320 e. The third-order valence-corrected chi connectivity index (χ3v) is 2.93. The molecule has 0 spiro atoms. The van der Waals surface area contributed by atoms with E-state index in [1.165, 1.54) is 0 Å². The van der Waals surface area contributed by atoms with Gasteiger partial charge in [0.05, 0.1) is 0 Å². The summed E-state index contributed by atoms with van der Waals surface area (Å²) in [7, 11) is 0. The van der Waals surface area contributed by atoms with Crippen LogP contribution < -0.4 is 5.32 Å². The summed E-state index contributed by atoms with van der Waals surface area (Å²) < 4.78 is 0. The van der Waals surface area contributed by atoms with Crippen LogP contribution in [0.25, 0.3) is 0 Å². The first kappa shape index (κ1) is 10.5. The molecular formula is C10H19NO2. The molecule has 1 saturated heterocycles. The minimum atomic E-state index is -0.714. The van der Waals surface area contributed by atoms with Crippen LogP contribution in [0.2, 0.25) is 0 Å². The van der Waals surface area contributed by atoms with Gasteiger partial charge in [-0.1, -0.05) is 20.8 Å². The van der Waals surface area contributed by atoms with Gasteiger partial charge in [-0.25, -0.2) is 0 Å². The summed E-state index contributed by atoms with van der Waals surface area (Å²) in [6.45, 7) is 7.38. The Kier molecular flexibility index (Phi) is 2.96. The monoisotopic (exact) mass is 185 g/mol. The highest BCUT2D eigenvalue weighted by Gasteiger charge is 2.33. The predicted octanol–water partition coefficient (Wildman–Crippen LogP) is 1.49. The SMILES string of the molecule is CC(C)(C)[C@H]1CCN[C@@H](C(=O)O)C1. The summed E-state index contributed by atoms with van der Waals surface area (Å²) in [5.41, 5.74) is 0.232. The van der Waals surface area contributed by atoms with E-state index in [1.807, 2.05) is 0 Å². The summed E-state index contributed by atoms with van der Waals surface area (Å²) >= 11 is 0. The van der Waals surface area contributed by atoms with E-state index in [-0.39, 0.29) is 11.5 Å². The molecule has 0 aromatic rings. The minimum Gasteiger partial charge on any atom is -0.480 e.